The Balaban J connectivity index is 1.93. The van der Waals surface area contributed by atoms with Crippen LogP contribution in [-0.4, -0.2) is 31.9 Å². The number of unbranched alkanes of at least 4 members (excludes halogenated alkanes) is 1. The van der Waals surface area contributed by atoms with Crippen molar-refractivity contribution in [3.8, 4) is 17.2 Å². The number of hydrogen-bond donors (Lipinski definition) is 1. The van der Waals surface area contributed by atoms with Crippen molar-refractivity contribution in [2.24, 2.45) is 5.10 Å². The average Bonchev–Trinajstić information content (AvgIpc) is 2.70. The molecule has 0 aliphatic rings. The standard InChI is InChI=1S/C22H27BrN2O4/c1-5-6-11-28-20-10-8-17(13-21(20)27-4)14-24-25-22(26)16(3)29-19-9-7-15(2)12-18(19)23/h7-10,12-14,16H,5-6,11H2,1-4H3,(H,25,26)/b24-14-/t16-/m1/s1. The van der Waals surface area contributed by atoms with Crippen molar-refractivity contribution in [1.82, 2.24) is 5.43 Å². The third-order valence-corrected chi connectivity index (χ3v) is 4.71. The van der Waals surface area contributed by atoms with Gasteiger partial charge in [0, 0.05) is 0 Å². The molecule has 1 N–H and O–H groups in total. The molecule has 0 saturated heterocycles. The van der Waals surface area contributed by atoms with Gasteiger partial charge in [0.2, 0.25) is 0 Å². The molecule has 156 valence electrons. The maximum atomic E-state index is 12.2. The van der Waals surface area contributed by atoms with E-state index in [1.165, 1.54) is 0 Å². The first-order valence-corrected chi connectivity index (χ1v) is 10.3. The summed E-state index contributed by atoms with van der Waals surface area (Å²) in [5, 5.41) is 4.01. The summed E-state index contributed by atoms with van der Waals surface area (Å²) < 4.78 is 17.6. The summed E-state index contributed by atoms with van der Waals surface area (Å²) in [5.74, 6) is 1.57. The first-order chi connectivity index (χ1) is 13.9. The fourth-order valence-electron chi connectivity index (χ4n) is 2.42. The second-order valence-electron chi connectivity index (χ2n) is 6.54. The quantitative estimate of drug-likeness (QED) is 0.310. The number of carbonyl (C=O) groups is 1. The van der Waals surface area contributed by atoms with Crippen molar-refractivity contribution in [2.45, 2.75) is 39.7 Å². The molecule has 29 heavy (non-hydrogen) atoms. The molecular formula is C22H27BrN2O4. The van der Waals surface area contributed by atoms with Gasteiger partial charge in [0.15, 0.2) is 17.6 Å². The Labute approximate surface area is 180 Å². The van der Waals surface area contributed by atoms with Crippen LogP contribution in [0, 0.1) is 6.92 Å². The van der Waals surface area contributed by atoms with Crippen molar-refractivity contribution in [3.05, 3.63) is 52.0 Å². The normalized spacial score (nSPS) is 11.9. The second kappa shape index (κ2) is 11.5. The molecular weight excluding hydrogens is 436 g/mol. The highest BCUT2D eigenvalue weighted by Crippen LogP contribution is 2.28. The molecule has 0 aliphatic heterocycles. The summed E-state index contributed by atoms with van der Waals surface area (Å²) in [4.78, 5) is 12.2. The molecule has 0 unspecified atom stereocenters. The first-order valence-electron chi connectivity index (χ1n) is 9.51. The number of carbonyl (C=O) groups excluding carboxylic acids is 1. The third-order valence-electron chi connectivity index (χ3n) is 4.09. The highest BCUT2D eigenvalue weighted by molar-refractivity contribution is 9.10. The van der Waals surface area contributed by atoms with Crippen LogP contribution in [0.3, 0.4) is 0 Å². The van der Waals surface area contributed by atoms with E-state index in [1.807, 2.05) is 37.3 Å². The van der Waals surface area contributed by atoms with Crippen LogP contribution in [0.25, 0.3) is 0 Å². The van der Waals surface area contributed by atoms with Crippen molar-refractivity contribution in [3.63, 3.8) is 0 Å². The zero-order valence-electron chi connectivity index (χ0n) is 17.2. The minimum atomic E-state index is -0.699. The topological polar surface area (TPSA) is 69.2 Å². The number of nitrogens with zero attached hydrogens (tertiary/aromatic N) is 1. The van der Waals surface area contributed by atoms with Crippen molar-refractivity contribution in [2.75, 3.05) is 13.7 Å². The molecule has 6 nitrogen and oxygen atoms in total. The second-order valence-corrected chi connectivity index (χ2v) is 7.39. The van der Waals surface area contributed by atoms with Gasteiger partial charge in [-0.1, -0.05) is 19.4 Å². The van der Waals surface area contributed by atoms with Gasteiger partial charge in [-0.2, -0.15) is 5.10 Å². The van der Waals surface area contributed by atoms with Gasteiger partial charge in [0.05, 0.1) is 24.4 Å². The van der Waals surface area contributed by atoms with Gasteiger partial charge in [-0.15, -0.1) is 0 Å². The van der Waals surface area contributed by atoms with E-state index in [0.29, 0.717) is 23.9 Å². The maximum Gasteiger partial charge on any atom is 0.280 e. The van der Waals surface area contributed by atoms with E-state index in [2.05, 4.69) is 33.4 Å². The molecule has 2 aromatic carbocycles. The highest BCUT2D eigenvalue weighted by atomic mass is 79.9. The van der Waals surface area contributed by atoms with Crippen LogP contribution in [-0.2, 0) is 4.79 Å². The summed E-state index contributed by atoms with van der Waals surface area (Å²) in [7, 11) is 1.59. The van der Waals surface area contributed by atoms with E-state index in [4.69, 9.17) is 14.2 Å². The zero-order valence-corrected chi connectivity index (χ0v) is 18.8. The smallest absolute Gasteiger partial charge is 0.280 e. The van der Waals surface area contributed by atoms with Gasteiger partial charge in [-0.25, -0.2) is 5.43 Å². The molecule has 0 fully saturated rings. The van der Waals surface area contributed by atoms with Gasteiger partial charge >= 0.3 is 0 Å². The fourth-order valence-corrected chi connectivity index (χ4v) is 3.00. The van der Waals surface area contributed by atoms with E-state index >= 15 is 0 Å². The van der Waals surface area contributed by atoms with Crippen LogP contribution >= 0.6 is 15.9 Å². The lowest BCUT2D eigenvalue weighted by Gasteiger charge is -2.14. The van der Waals surface area contributed by atoms with Crippen molar-refractivity contribution >= 4 is 28.1 Å². The van der Waals surface area contributed by atoms with E-state index in [1.54, 1.807) is 26.3 Å². The molecule has 2 aromatic rings. The van der Waals surface area contributed by atoms with Crippen molar-refractivity contribution < 1.29 is 19.0 Å². The predicted molar refractivity (Wildman–Crippen MR) is 118 cm³/mol. The lowest BCUT2D eigenvalue weighted by molar-refractivity contribution is -0.127. The van der Waals surface area contributed by atoms with E-state index in [-0.39, 0.29) is 5.91 Å². The Kier molecular flexibility index (Phi) is 8.99. The SMILES string of the molecule is CCCCOc1ccc(/C=N\NC(=O)[C@@H](C)Oc2ccc(C)cc2Br)cc1OC. The largest absolute Gasteiger partial charge is 0.493 e. The Morgan fingerprint density at radius 2 is 1.97 bits per heavy atom. The van der Waals surface area contributed by atoms with Gasteiger partial charge in [-0.3, -0.25) is 4.79 Å². The molecule has 0 radical (unpaired) electrons. The molecule has 7 heteroatoms. The number of rotatable bonds is 10. The Morgan fingerprint density at radius 1 is 1.21 bits per heavy atom. The molecule has 0 spiro atoms. The Morgan fingerprint density at radius 3 is 2.66 bits per heavy atom. The number of methoxy groups -OCH3 is 1. The Bertz CT molecular complexity index is 855. The van der Waals surface area contributed by atoms with Crippen LogP contribution in [0.15, 0.2) is 46.0 Å². The third kappa shape index (κ3) is 7.09. The number of nitrogens with one attached hydrogen (secondary N) is 1. The van der Waals surface area contributed by atoms with Crippen molar-refractivity contribution in [1.29, 1.82) is 0 Å². The summed E-state index contributed by atoms with van der Waals surface area (Å²) in [6, 6.07) is 11.2. The number of hydrogen-bond acceptors (Lipinski definition) is 5. The first kappa shape index (κ1) is 22.7. The lowest BCUT2D eigenvalue weighted by Crippen LogP contribution is -2.33. The number of aryl methyl sites for hydroxylation is 1. The summed E-state index contributed by atoms with van der Waals surface area (Å²) in [6.07, 6.45) is 2.90. The summed E-state index contributed by atoms with van der Waals surface area (Å²) >= 11 is 3.44. The number of amides is 1. The number of halogens is 1. The highest BCUT2D eigenvalue weighted by Gasteiger charge is 2.15. The van der Waals surface area contributed by atoms with E-state index in [0.717, 1.165) is 28.4 Å². The van der Waals surface area contributed by atoms with Crippen LogP contribution < -0.4 is 19.6 Å². The monoisotopic (exact) mass is 462 g/mol. The molecule has 1 atom stereocenters. The number of benzene rings is 2. The summed E-state index contributed by atoms with van der Waals surface area (Å²) in [5.41, 5.74) is 4.37. The van der Waals surface area contributed by atoms with Gasteiger partial charge in [0.1, 0.15) is 5.75 Å². The van der Waals surface area contributed by atoms with Crippen LogP contribution in [0.4, 0.5) is 0 Å². The fraction of sp³-hybridized carbons (Fsp3) is 0.364. The average molecular weight is 463 g/mol. The van der Waals surface area contributed by atoms with Crippen LogP contribution in [0.1, 0.15) is 37.8 Å². The van der Waals surface area contributed by atoms with E-state index in [9.17, 15) is 4.79 Å². The van der Waals surface area contributed by atoms with Gasteiger partial charge < -0.3 is 14.2 Å². The maximum absolute atomic E-state index is 12.2. The molecule has 2 rings (SSSR count). The molecule has 0 bridgehead atoms. The molecule has 0 aliphatic carbocycles. The van der Waals surface area contributed by atoms with Gasteiger partial charge in [-0.05, 0) is 77.7 Å². The molecule has 0 heterocycles. The number of hydrazone groups is 1. The van der Waals surface area contributed by atoms with Gasteiger partial charge in [0.25, 0.3) is 5.91 Å². The lowest BCUT2D eigenvalue weighted by atomic mass is 10.2. The molecule has 0 saturated carbocycles. The zero-order chi connectivity index (χ0) is 21.2. The van der Waals surface area contributed by atoms with Crippen LogP contribution in [0.5, 0.6) is 17.2 Å². The minimum absolute atomic E-state index is 0.347. The Hall–Kier alpha value is -2.54. The molecule has 1 amide bonds. The van der Waals surface area contributed by atoms with Crippen LogP contribution in [0.2, 0.25) is 0 Å². The minimum Gasteiger partial charge on any atom is -0.493 e. The van der Waals surface area contributed by atoms with E-state index < -0.39 is 6.10 Å². The summed E-state index contributed by atoms with van der Waals surface area (Å²) in [6.45, 7) is 6.41. The predicted octanol–water partition coefficient (Wildman–Crippen LogP) is 4.86. The molecule has 0 aromatic heterocycles. The number of ether oxygens (including phenoxy) is 3.